The molecule has 1 aliphatic heterocycles. The van der Waals surface area contributed by atoms with Gasteiger partial charge in [0.05, 0.1) is 17.4 Å². The third-order valence-corrected chi connectivity index (χ3v) is 7.55. The number of nitrogens with one attached hydrogen (secondary N) is 1. The Balaban J connectivity index is 1.15. The Morgan fingerprint density at radius 1 is 1.13 bits per heavy atom. The first-order valence-electron chi connectivity index (χ1n) is 10.7. The number of benzene rings is 2. The van der Waals surface area contributed by atoms with E-state index in [1.54, 1.807) is 18.1 Å². The Morgan fingerprint density at radius 3 is 2.61 bits per heavy atom. The summed E-state index contributed by atoms with van der Waals surface area (Å²) in [4.78, 5) is 33.1. The van der Waals surface area contributed by atoms with Crippen LogP contribution in [0.3, 0.4) is 0 Å². The molecule has 2 aliphatic rings. The van der Waals surface area contributed by atoms with Gasteiger partial charge < -0.3 is 14.8 Å². The topological polar surface area (TPSA) is 67.2 Å². The summed E-state index contributed by atoms with van der Waals surface area (Å²) in [6.45, 7) is 1.75. The van der Waals surface area contributed by atoms with Crippen molar-refractivity contribution in [3.05, 3.63) is 54.9 Å². The molecule has 1 atom stereocenters. The van der Waals surface area contributed by atoms with Gasteiger partial charge in [-0.15, -0.1) is 11.8 Å². The van der Waals surface area contributed by atoms with Crippen molar-refractivity contribution in [3.8, 4) is 0 Å². The zero-order valence-electron chi connectivity index (χ0n) is 17.6. The van der Waals surface area contributed by atoms with Gasteiger partial charge in [0.2, 0.25) is 11.8 Å². The lowest BCUT2D eigenvalue weighted by Gasteiger charge is -2.33. The van der Waals surface area contributed by atoms with Gasteiger partial charge in [-0.3, -0.25) is 9.59 Å². The highest BCUT2D eigenvalue weighted by Crippen LogP contribution is 2.59. The van der Waals surface area contributed by atoms with Crippen molar-refractivity contribution in [2.75, 3.05) is 24.7 Å². The second-order valence-electron chi connectivity index (χ2n) is 8.58. The number of carbonyl (C=O) groups is 2. The Kier molecular flexibility index (Phi) is 5.22. The number of para-hydroxylation sites is 2. The summed E-state index contributed by atoms with van der Waals surface area (Å²) >= 11 is 1.69. The first kappa shape index (κ1) is 20.1. The van der Waals surface area contributed by atoms with Crippen LogP contribution >= 0.6 is 11.8 Å². The number of fused-ring (bicyclic) bond motifs is 1. The number of nitrogens with zero attached hydrogens (tertiary/aromatic N) is 3. The zero-order chi connectivity index (χ0) is 21.4. The van der Waals surface area contributed by atoms with Crippen molar-refractivity contribution in [2.24, 2.45) is 11.3 Å². The number of hydrogen-bond donors (Lipinski definition) is 1. The van der Waals surface area contributed by atoms with Crippen molar-refractivity contribution in [1.29, 1.82) is 0 Å². The van der Waals surface area contributed by atoms with Crippen molar-refractivity contribution in [1.82, 2.24) is 14.5 Å². The molecule has 1 saturated carbocycles. The minimum absolute atomic E-state index is 0.0579. The monoisotopic (exact) mass is 434 g/mol. The molecule has 0 radical (unpaired) electrons. The molecule has 1 N–H and O–H groups in total. The molecule has 2 fully saturated rings. The number of aromatic nitrogens is 2. The van der Waals surface area contributed by atoms with Gasteiger partial charge in [-0.1, -0.05) is 12.1 Å². The lowest BCUT2D eigenvalue weighted by molar-refractivity contribution is -0.133. The Hall–Kier alpha value is -2.80. The van der Waals surface area contributed by atoms with Gasteiger partial charge in [0.15, 0.2) is 0 Å². The fourth-order valence-corrected chi connectivity index (χ4v) is 5.17. The van der Waals surface area contributed by atoms with Gasteiger partial charge in [-0.25, -0.2) is 4.98 Å². The molecule has 6 nitrogen and oxygen atoms in total. The minimum Gasteiger partial charge on any atom is -0.341 e. The van der Waals surface area contributed by atoms with Crippen LogP contribution in [0.15, 0.2) is 59.8 Å². The molecule has 7 heteroatoms. The number of carbonyl (C=O) groups excluding carboxylic acids is 2. The summed E-state index contributed by atoms with van der Waals surface area (Å²) in [5, 5.41) is 3.07. The molecule has 31 heavy (non-hydrogen) atoms. The molecule has 160 valence electrons. The van der Waals surface area contributed by atoms with Crippen molar-refractivity contribution >= 4 is 40.3 Å². The Morgan fingerprint density at radius 2 is 1.87 bits per heavy atom. The molecule has 0 bridgehead atoms. The van der Waals surface area contributed by atoms with Crippen molar-refractivity contribution in [2.45, 2.75) is 30.7 Å². The lowest BCUT2D eigenvalue weighted by atomic mass is 9.90. The Bertz CT molecular complexity index is 1120. The van der Waals surface area contributed by atoms with E-state index in [4.69, 9.17) is 0 Å². The second-order valence-corrected chi connectivity index (χ2v) is 9.46. The van der Waals surface area contributed by atoms with E-state index in [1.807, 2.05) is 64.3 Å². The quantitative estimate of drug-likeness (QED) is 0.616. The fourth-order valence-electron chi connectivity index (χ4n) is 4.76. The molecule has 2 heterocycles. The number of rotatable bonds is 5. The van der Waals surface area contributed by atoms with E-state index < -0.39 is 0 Å². The van der Waals surface area contributed by atoms with Crippen LogP contribution < -0.4 is 5.32 Å². The average Bonchev–Trinajstić information content (AvgIpc) is 3.35. The SMILES string of the molecule is CSc1ccc(NC(=O)C2CC23CCN(C(=O)Cn2cnc4ccccc42)CC3)cc1. The summed E-state index contributed by atoms with van der Waals surface area (Å²) in [5.74, 6) is 0.290. The molecular weight excluding hydrogens is 408 g/mol. The van der Waals surface area contributed by atoms with Crippen LogP contribution in [-0.4, -0.2) is 45.6 Å². The first-order chi connectivity index (χ1) is 15.1. The molecular formula is C24H26N4O2S. The highest BCUT2D eigenvalue weighted by atomic mass is 32.2. The summed E-state index contributed by atoms with van der Waals surface area (Å²) < 4.78 is 1.91. The van der Waals surface area contributed by atoms with E-state index in [0.29, 0.717) is 6.54 Å². The highest BCUT2D eigenvalue weighted by molar-refractivity contribution is 7.98. The second kappa shape index (κ2) is 8.04. The maximum atomic E-state index is 12.8. The highest BCUT2D eigenvalue weighted by Gasteiger charge is 2.58. The largest absolute Gasteiger partial charge is 0.341 e. The lowest BCUT2D eigenvalue weighted by Crippen LogP contribution is -2.41. The number of thioether (sulfide) groups is 1. The molecule has 2 amide bonds. The van der Waals surface area contributed by atoms with E-state index in [1.165, 1.54) is 4.90 Å². The number of piperidine rings is 1. The number of anilines is 1. The number of likely N-dealkylation sites (tertiary alicyclic amines) is 1. The van der Waals surface area contributed by atoms with Crippen LogP contribution in [0.25, 0.3) is 11.0 Å². The summed E-state index contributed by atoms with van der Waals surface area (Å²) in [5.41, 5.74) is 2.81. The number of imidazole rings is 1. The van der Waals surface area contributed by atoms with E-state index in [9.17, 15) is 9.59 Å². The predicted octanol–water partition coefficient (Wildman–Crippen LogP) is 4.03. The number of hydrogen-bond acceptors (Lipinski definition) is 4. The van der Waals surface area contributed by atoms with Crippen molar-refractivity contribution < 1.29 is 9.59 Å². The van der Waals surface area contributed by atoms with Crippen LogP contribution in [0.4, 0.5) is 5.69 Å². The molecule has 3 aromatic rings. The van der Waals surface area contributed by atoms with Gasteiger partial charge >= 0.3 is 0 Å². The maximum absolute atomic E-state index is 12.8. The van der Waals surface area contributed by atoms with E-state index in [-0.39, 0.29) is 23.1 Å². The van der Waals surface area contributed by atoms with E-state index in [0.717, 1.165) is 49.1 Å². The standard InChI is InChI=1S/C24H26N4O2S/c1-31-18-8-6-17(7-9-18)26-23(30)19-14-24(19)10-12-27(13-11-24)22(29)15-28-16-25-20-4-2-3-5-21(20)28/h2-9,16,19H,10-15H2,1H3,(H,26,30). The maximum Gasteiger partial charge on any atom is 0.242 e. The zero-order valence-corrected chi connectivity index (χ0v) is 18.4. The smallest absolute Gasteiger partial charge is 0.242 e. The molecule has 2 aromatic carbocycles. The number of amides is 2. The Labute approximate surface area is 186 Å². The normalized spacial score (nSPS) is 19.5. The summed E-state index contributed by atoms with van der Waals surface area (Å²) in [7, 11) is 0. The summed E-state index contributed by atoms with van der Waals surface area (Å²) in [6.07, 6.45) is 6.49. The van der Waals surface area contributed by atoms with Crippen molar-refractivity contribution in [3.63, 3.8) is 0 Å². The van der Waals surface area contributed by atoms with Gasteiger partial charge in [0.1, 0.15) is 6.54 Å². The van der Waals surface area contributed by atoms with Gasteiger partial charge in [0.25, 0.3) is 0 Å². The predicted molar refractivity (Wildman–Crippen MR) is 123 cm³/mol. The molecule has 1 aromatic heterocycles. The molecule has 1 aliphatic carbocycles. The molecule has 5 rings (SSSR count). The first-order valence-corrected chi connectivity index (χ1v) is 11.9. The van der Waals surface area contributed by atoms with E-state index >= 15 is 0 Å². The van der Waals surface area contributed by atoms with Gasteiger partial charge in [0, 0.05) is 29.6 Å². The third-order valence-electron chi connectivity index (χ3n) is 6.81. The van der Waals surface area contributed by atoms with Crippen LogP contribution in [0.5, 0.6) is 0 Å². The average molecular weight is 435 g/mol. The molecule has 1 spiro atoms. The third kappa shape index (κ3) is 3.94. The van der Waals surface area contributed by atoms with Crippen LogP contribution in [0, 0.1) is 11.3 Å². The molecule has 1 saturated heterocycles. The minimum atomic E-state index is 0.0579. The van der Waals surface area contributed by atoms with Crippen LogP contribution in [-0.2, 0) is 16.1 Å². The van der Waals surface area contributed by atoms with E-state index in [2.05, 4.69) is 10.3 Å². The molecule has 1 unspecified atom stereocenters. The van der Waals surface area contributed by atoms with Gasteiger partial charge in [-0.05, 0) is 67.3 Å². The fraction of sp³-hybridized carbons (Fsp3) is 0.375. The summed E-state index contributed by atoms with van der Waals surface area (Å²) in [6, 6.07) is 15.8. The van der Waals surface area contributed by atoms with Crippen LogP contribution in [0.1, 0.15) is 19.3 Å². The van der Waals surface area contributed by atoms with Crippen LogP contribution in [0.2, 0.25) is 0 Å². The van der Waals surface area contributed by atoms with Gasteiger partial charge in [-0.2, -0.15) is 0 Å².